The van der Waals surface area contributed by atoms with E-state index in [4.69, 9.17) is 20.8 Å². The maximum absolute atomic E-state index is 12.7. The van der Waals surface area contributed by atoms with Crippen LogP contribution in [0.25, 0.3) is 0 Å². The molecule has 3 aromatic carbocycles. The monoisotopic (exact) mass is 435 g/mol. The molecule has 0 atom stereocenters. The molecule has 0 aliphatic rings. The van der Waals surface area contributed by atoms with Gasteiger partial charge in [-0.1, -0.05) is 65.8 Å². The van der Waals surface area contributed by atoms with Crippen molar-refractivity contribution in [2.45, 2.75) is 16.4 Å². The van der Waals surface area contributed by atoms with E-state index in [0.717, 1.165) is 15.5 Å². The van der Waals surface area contributed by atoms with Crippen molar-refractivity contribution in [2.24, 2.45) is 0 Å². The van der Waals surface area contributed by atoms with E-state index in [1.807, 2.05) is 66.7 Å². The van der Waals surface area contributed by atoms with Crippen molar-refractivity contribution in [1.82, 2.24) is 0 Å². The Hall–Kier alpha value is -3.15. The van der Waals surface area contributed by atoms with E-state index in [1.165, 1.54) is 0 Å². The summed E-state index contributed by atoms with van der Waals surface area (Å²) in [6, 6.07) is 28.2. The largest absolute Gasteiger partial charge is 0.484 e. The van der Waals surface area contributed by atoms with E-state index in [1.54, 1.807) is 36.0 Å². The van der Waals surface area contributed by atoms with Gasteiger partial charge in [0.05, 0.1) is 10.7 Å². The van der Waals surface area contributed by atoms with Crippen LogP contribution in [0.4, 0.5) is 5.69 Å². The smallest absolute Gasteiger partial charge is 0.291 e. The molecule has 0 bridgehead atoms. The number of hydrogen-bond donors (Lipinski definition) is 1. The number of halogens is 1. The molecule has 0 fully saturated rings. The number of anilines is 1. The number of nitrogens with one attached hydrogen (secondary N) is 1. The summed E-state index contributed by atoms with van der Waals surface area (Å²) in [6.45, 7) is 0.178. The third kappa shape index (κ3) is 5.06. The predicted octanol–water partition coefficient (Wildman–Crippen LogP) is 6.92. The van der Waals surface area contributed by atoms with Gasteiger partial charge < -0.3 is 14.5 Å². The second-order valence-electron chi connectivity index (χ2n) is 6.35. The first-order valence-corrected chi connectivity index (χ1v) is 10.5. The summed E-state index contributed by atoms with van der Waals surface area (Å²) in [5.74, 6) is 0.993. The van der Waals surface area contributed by atoms with Crippen LogP contribution in [0.15, 0.2) is 105 Å². The first kappa shape index (κ1) is 20.1. The highest BCUT2D eigenvalue weighted by molar-refractivity contribution is 7.99. The lowest BCUT2D eigenvalue weighted by Gasteiger charge is -2.10. The van der Waals surface area contributed by atoms with E-state index in [0.29, 0.717) is 16.5 Å². The standard InChI is InChI=1S/C24H18ClNO3S/c25-19-10-4-6-12-21(19)28-16-17-14-15-22(29-17)24(27)26-20-11-5-7-13-23(20)30-18-8-2-1-3-9-18/h1-15H,16H2,(H,26,27). The molecular formula is C24H18ClNO3S. The zero-order chi connectivity index (χ0) is 20.8. The Balaban J connectivity index is 1.42. The highest BCUT2D eigenvalue weighted by Gasteiger charge is 2.14. The molecule has 6 heteroatoms. The molecule has 0 radical (unpaired) electrons. The summed E-state index contributed by atoms with van der Waals surface area (Å²) in [7, 11) is 0. The maximum Gasteiger partial charge on any atom is 0.291 e. The molecule has 1 aromatic heterocycles. The summed E-state index contributed by atoms with van der Waals surface area (Å²) >= 11 is 7.67. The van der Waals surface area contributed by atoms with Crippen LogP contribution in [-0.2, 0) is 6.61 Å². The second kappa shape index (κ2) is 9.57. The van der Waals surface area contributed by atoms with Gasteiger partial charge in [0, 0.05) is 9.79 Å². The molecule has 0 unspecified atom stereocenters. The summed E-state index contributed by atoms with van der Waals surface area (Å²) in [6.07, 6.45) is 0. The van der Waals surface area contributed by atoms with Gasteiger partial charge in [0.2, 0.25) is 0 Å². The molecule has 150 valence electrons. The normalized spacial score (nSPS) is 10.6. The topological polar surface area (TPSA) is 51.5 Å². The molecular weight excluding hydrogens is 418 g/mol. The van der Waals surface area contributed by atoms with Gasteiger partial charge in [0.15, 0.2) is 5.76 Å². The molecule has 4 nitrogen and oxygen atoms in total. The van der Waals surface area contributed by atoms with Crippen molar-refractivity contribution in [3.63, 3.8) is 0 Å². The molecule has 4 aromatic rings. The fraction of sp³-hybridized carbons (Fsp3) is 0.0417. The summed E-state index contributed by atoms with van der Waals surface area (Å²) in [5, 5.41) is 3.45. The highest BCUT2D eigenvalue weighted by atomic mass is 35.5. The van der Waals surface area contributed by atoms with E-state index in [-0.39, 0.29) is 18.3 Å². The van der Waals surface area contributed by atoms with Crippen molar-refractivity contribution in [2.75, 3.05) is 5.32 Å². The maximum atomic E-state index is 12.7. The van der Waals surface area contributed by atoms with Gasteiger partial charge in [-0.25, -0.2) is 0 Å². The van der Waals surface area contributed by atoms with E-state index >= 15 is 0 Å². The average molecular weight is 436 g/mol. The minimum absolute atomic E-state index is 0.178. The predicted molar refractivity (Wildman–Crippen MR) is 119 cm³/mol. The number of rotatable bonds is 7. The van der Waals surface area contributed by atoms with Crippen molar-refractivity contribution in [3.05, 3.63) is 108 Å². The van der Waals surface area contributed by atoms with Crippen LogP contribution >= 0.6 is 23.4 Å². The molecule has 1 amide bonds. The zero-order valence-corrected chi connectivity index (χ0v) is 17.5. The Kier molecular flexibility index (Phi) is 6.42. The Labute approximate surface area is 183 Å². The lowest BCUT2D eigenvalue weighted by molar-refractivity contribution is 0.0992. The number of hydrogen-bond acceptors (Lipinski definition) is 4. The number of para-hydroxylation sites is 2. The number of carbonyl (C=O) groups is 1. The number of ether oxygens (including phenoxy) is 1. The van der Waals surface area contributed by atoms with Crippen molar-refractivity contribution < 1.29 is 13.9 Å². The molecule has 0 saturated heterocycles. The molecule has 0 aliphatic heterocycles. The molecule has 0 saturated carbocycles. The molecule has 1 heterocycles. The fourth-order valence-corrected chi connectivity index (χ4v) is 3.86. The average Bonchev–Trinajstić information content (AvgIpc) is 3.25. The summed E-state index contributed by atoms with van der Waals surface area (Å²) in [4.78, 5) is 14.7. The molecule has 1 N–H and O–H groups in total. The quantitative estimate of drug-likeness (QED) is 0.342. The van der Waals surface area contributed by atoms with Crippen LogP contribution in [0.3, 0.4) is 0 Å². The van der Waals surface area contributed by atoms with Gasteiger partial charge in [0.1, 0.15) is 18.1 Å². The second-order valence-corrected chi connectivity index (χ2v) is 7.87. The number of carbonyl (C=O) groups excluding carboxylic acids is 1. The van der Waals surface area contributed by atoms with Crippen molar-refractivity contribution >= 4 is 35.0 Å². The minimum atomic E-state index is -0.319. The van der Waals surface area contributed by atoms with E-state index in [9.17, 15) is 4.79 Å². The van der Waals surface area contributed by atoms with Gasteiger partial charge in [-0.05, 0) is 48.5 Å². The third-order valence-electron chi connectivity index (χ3n) is 4.20. The molecule has 4 rings (SSSR count). The number of amides is 1. The van der Waals surface area contributed by atoms with Gasteiger partial charge in [-0.3, -0.25) is 4.79 Å². The van der Waals surface area contributed by atoms with Crippen LogP contribution < -0.4 is 10.1 Å². The van der Waals surface area contributed by atoms with Gasteiger partial charge in [-0.2, -0.15) is 0 Å². The van der Waals surface area contributed by atoms with Crippen LogP contribution in [0, 0.1) is 0 Å². The van der Waals surface area contributed by atoms with Crippen LogP contribution in [0.2, 0.25) is 5.02 Å². The number of benzene rings is 3. The van der Waals surface area contributed by atoms with Gasteiger partial charge in [-0.15, -0.1) is 0 Å². The Morgan fingerprint density at radius 3 is 2.47 bits per heavy atom. The fourth-order valence-electron chi connectivity index (χ4n) is 2.75. The summed E-state index contributed by atoms with van der Waals surface area (Å²) in [5.41, 5.74) is 0.724. The summed E-state index contributed by atoms with van der Waals surface area (Å²) < 4.78 is 11.3. The van der Waals surface area contributed by atoms with Crippen LogP contribution in [0.5, 0.6) is 5.75 Å². The number of furan rings is 1. The first-order chi connectivity index (χ1) is 14.7. The minimum Gasteiger partial charge on any atom is -0.484 e. The van der Waals surface area contributed by atoms with Crippen molar-refractivity contribution in [1.29, 1.82) is 0 Å². The van der Waals surface area contributed by atoms with Gasteiger partial charge >= 0.3 is 0 Å². The Morgan fingerprint density at radius 2 is 1.63 bits per heavy atom. The van der Waals surface area contributed by atoms with Crippen LogP contribution in [-0.4, -0.2) is 5.91 Å². The highest BCUT2D eigenvalue weighted by Crippen LogP contribution is 2.33. The molecule has 0 aliphatic carbocycles. The van der Waals surface area contributed by atoms with Crippen molar-refractivity contribution in [3.8, 4) is 5.75 Å². The lowest BCUT2D eigenvalue weighted by Crippen LogP contribution is -2.11. The third-order valence-corrected chi connectivity index (χ3v) is 5.59. The zero-order valence-electron chi connectivity index (χ0n) is 15.9. The first-order valence-electron chi connectivity index (χ1n) is 9.28. The molecule has 0 spiro atoms. The Bertz CT molecular complexity index is 1140. The van der Waals surface area contributed by atoms with E-state index in [2.05, 4.69) is 5.32 Å². The lowest BCUT2D eigenvalue weighted by atomic mass is 10.3. The molecule has 30 heavy (non-hydrogen) atoms. The van der Waals surface area contributed by atoms with Gasteiger partial charge in [0.25, 0.3) is 5.91 Å². The Morgan fingerprint density at radius 1 is 0.900 bits per heavy atom. The van der Waals surface area contributed by atoms with E-state index < -0.39 is 0 Å². The van der Waals surface area contributed by atoms with Crippen LogP contribution in [0.1, 0.15) is 16.3 Å². The SMILES string of the molecule is O=C(Nc1ccccc1Sc1ccccc1)c1ccc(COc2ccccc2Cl)o1.